The molecular weight excluding hydrogens is 280 g/mol. The normalized spacial score (nSPS) is 10.0. The molecule has 0 heterocycles. The molecule has 0 atom stereocenters. The fourth-order valence-electron chi connectivity index (χ4n) is 2.06. The van der Waals surface area contributed by atoms with Crippen LogP contribution in [-0.4, -0.2) is 25.5 Å². The zero-order valence-electron chi connectivity index (χ0n) is 12.3. The SMILES string of the molecule is COc1cccc(CCNC(=O)c2cccc(C(N)=O)c2)c1. The van der Waals surface area contributed by atoms with Crippen molar-refractivity contribution < 1.29 is 14.3 Å². The third-order valence-electron chi connectivity index (χ3n) is 3.24. The molecule has 0 aliphatic heterocycles. The first-order valence-electron chi connectivity index (χ1n) is 6.91. The molecule has 3 N–H and O–H groups in total. The third kappa shape index (κ3) is 4.09. The number of carbonyl (C=O) groups excluding carboxylic acids is 2. The molecule has 5 heteroatoms. The molecule has 0 saturated heterocycles. The number of primary amides is 1. The van der Waals surface area contributed by atoms with Gasteiger partial charge < -0.3 is 15.8 Å². The summed E-state index contributed by atoms with van der Waals surface area (Å²) in [6.07, 6.45) is 0.693. The number of nitrogens with two attached hydrogens (primary N) is 1. The van der Waals surface area contributed by atoms with E-state index in [4.69, 9.17) is 10.5 Å². The van der Waals surface area contributed by atoms with Crippen molar-refractivity contribution in [2.24, 2.45) is 5.73 Å². The molecular formula is C17H18N2O3. The lowest BCUT2D eigenvalue weighted by atomic mass is 10.1. The summed E-state index contributed by atoms with van der Waals surface area (Å²) in [6.45, 7) is 0.493. The van der Waals surface area contributed by atoms with Crippen molar-refractivity contribution in [3.63, 3.8) is 0 Å². The van der Waals surface area contributed by atoms with E-state index >= 15 is 0 Å². The predicted octanol–water partition coefficient (Wildman–Crippen LogP) is 1.77. The summed E-state index contributed by atoms with van der Waals surface area (Å²) in [6, 6.07) is 14.0. The molecule has 0 aliphatic rings. The molecule has 22 heavy (non-hydrogen) atoms. The third-order valence-corrected chi connectivity index (χ3v) is 3.24. The van der Waals surface area contributed by atoms with Crippen molar-refractivity contribution >= 4 is 11.8 Å². The number of hydrogen-bond donors (Lipinski definition) is 2. The number of benzene rings is 2. The first-order chi connectivity index (χ1) is 10.6. The van der Waals surface area contributed by atoms with Crippen molar-refractivity contribution in [1.29, 1.82) is 0 Å². The maximum atomic E-state index is 12.0. The van der Waals surface area contributed by atoms with Crippen molar-refractivity contribution in [3.8, 4) is 5.75 Å². The van der Waals surface area contributed by atoms with Crippen LogP contribution in [0.3, 0.4) is 0 Å². The Bertz CT molecular complexity index is 683. The van der Waals surface area contributed by atoms with E-state index in [-0.39, 0.29) is 5.91 Å². The molecule has 0 bridgehead atoms. The molecule has 0 spiro atoms. The lowest BCUT2D eigenvalue weighted by Gasteiger charge is -2.07. The number of rotatable bonds is 6. The van der Waals surface area contributed by atoms with Crippen molar-refractivity contribution in [1.82, 2.24) is 5.32 Å². The predicted molar refractivity (Wildman–Crippen MR) is 84.0 cm³/mol. The Hall–Kier alpha value is -2.82. The van der Waals surface area contributed by atoms with Gasteiger partial charge in [0.2, 0.25) is 5.91 Å². The van der Waals surface area contributed by atoms with Gasteiger partial charge in [-0.25, -0.2) is 0 Å². The molecule has 0 fully saturated rings. The summed E-state index contributed by atoms with van der Waals surface area (Å²) in [5.74, 6) is 0.00927. The van der Waals surface area contributed by atoms with Crippen molar-refractivity contribution in [3.05, 3.63) is 65.2 Å². The van der Waals surface area contributed by atoms with Crippen LogP contribution < -0.4 is 15.8 Å². The Morgan fingerprint density at radius 2 is 1.82 bits per heavy atom. The van der Waals surface area contributed by atoms with Crippen LogP contribution in [0.2, 0.25) is 0 Å². The highest BCUT2D eigenvalue weighted by Crippen LogP contribution is 2.12. The van der Waals surface area contributed by atoms with Gasteiger partial charge in [0.15, 0.2) is 0 Å². The van der Waals surface area contributed by atoms with Crippen molar-refractivity contribution in [2.45, 2.75) is 6.42 Å². The average Bonchev–Trinajstić information content (AvgIpc) is 2.55. The molecule has 114 valence electrons. The van der Waals surface area contributed by atoms with E-state index < -0.39 is 5.91 Å². The fourth-order valence-corrected chi connectivity index (χ4v) is 2.06. The summed E-state index contributed by atoms with van der Waals surface area (Å²) >= 11 is 0. The number of nitrogens with one attached hydrogen (secondary N) is 1. The Labute approximate surface area is 129 Å². The van der Waals surface area contributed by atoms with Crippen LogP contribution in [0.5, 0.6) is 5.75 Å². The number of methoxy groups -OCH3 is 1. The molecule has 0 radical (unpaired) electrons. The second-order valence-electron chi connectivity index (χ2n) is 4.80. The van der Waals surface area contributed by atoms with Crippen LogP contribution in [0.15, 0.2) is 48.5 Å². The Morgan fingerprint density at radius 1 is 1.09 bits per heavy atom. The fraction of sp³-hybridized carbons (Fsp3) is 0.176. The zero-order chi connectivity index (χ0) is 15.9. The summed E-state index contributed by atoms with van der Waals surface area (Å²) in [4.78, 5) is 23.2. The zero-order valence-corrected chi connectivity index (χ0v) is 12.3. The van der Waals surface area contributed by atoms with Gasteiger partial charge in [-0.1, -0.05) is 18.2 Å². The summed E-state index contributed by atoms with van der Waals surface area (Å²) in [5.41, 5.74) is 7.02. The van der Waals surface area contributed by atoms with Gasteiger partial charge in [-0.15, -0.1) is 0 Å². The molecule has 5 nitrogen and oxygen atoms in total. The van der Waals surface area contributed by atoms with Crippen LogP contribution in [0, 0.1) is 0 Å². The van der Waals surface area contributed by atoms with E-state index in [2.05, 4.69) is 5.32 Å². The Balaban J connectivity index is 1.92. The minimum absolute atomic E-state index is 0.231. The molecule has 0 saturated carbocycles. The summed E-state index contributed by atoms with van der Waals surface area (Å²) in [5, 5.41) is 2.82. The largest absolute Gasteiger partial charge is 0.497 e. The van der Waals surface area contributed by atoms with E-state index in [1.54, 1.807) is 25.3 Å². The van der Waals surface area contributed by atoms with Gasteiger partial charge in [0.1, 0.15) is 5.75 Å². The standard InChI is InChI=1S/C17H18N2O3/c1-22-15-7-2-4-12(10-15)8-9-19-17(21)14-6-3-5-13(11-14)16(18)20/h2-7,10-11H,8-9H2,1H3,(H2,18,20)(H,19,21). The van der Waals surface area contributed by atoms with Crippen LogP contribution in [0.4, 0.5) is 0 Å². The molecule has 2 aromatic rings. The lowest BCUT2D eigenvalue weighted by Crippen LogP contribution is -2.26. The van der Waals surface area contributed by atoms with Crippen LogP contribution in [0.25, 0.3) is 0 Å². The van der Waals surface area contributed by atoms with E-state index in [1.807, 2.05) is 24.3 Å². The summed E-state index contributed by atoms with van der Waals surface area (Å²) < 4.78 is 5.16. The minimum atomic E-state index is -0.550. The van der Waals surface area contributed by atoms with E-state index in [0.717, 1.165) is 11.3 Å². The maximum Gasteiger partial charge on any atom is 0.251 e. The maximum absolute atomic E-state index is 12.0. The lowest BCUT2D eigenvalue weighted by molar-refractivity contribution is 0.0954. The highest BCUT2D eigenvalue weighted by atomic mass is 16.5. The van der Waals surface area contributed by atoms with Gasteiger partial charge >= 0.3 is 0 Å². The molecule has 0 unspecified atom stereocenters. The highest BCUT2D eigenvalue weighted by Gasteiger charge is 2.08. The minimum Gasteiger partial charge on any atom is -0.497 e. The van der Waals surface area contributed by atoms with Gasteiger partial charge in [-0.05, 0) is 42.3 Å². The van der Waals surface area contributed by atoms with E-state index in [1.165, 1.54) is 6.07 Å². The van der Waals surface area contributed by atoms with Gasteiger partial charge in [0.25, 0.3) is 5.91 Å². The first-order valence-corrected chi connectivity index (χ1v) is 6.91. The quantitative estimate of drug-likeness (QED) is 0.852. The van der Waals surface area contributed by atoms with Gasteiger partial charge in [0.05, 0.1) is 7.11 Å². The van der Waals surface area contributed by atoms with E-state index in [9.17, 15) is 9.59 Å². The summed E-state index contributed by atoms with van der Waals surface area (Å²) in [7, 11) is 1.62. The Morgan fingerprint density at radius 3 is 2.55 bits per heavy atom. The van der Waals surface area contributed by atoms with Gasteiger partial charge in [-0.2, -0.15) is 0 Å². The molecule has 0 aromatic heterocycles. The molecule has 0 aliphatic carbocycles. The van der Waals surface area contributed by atoms with Gasteiger partial charge in [-0.3, -0.25) is 9.59 Å². The van der Waals surface area contributed by atoms with Crippen LogP contribution in [0.1, 0.15) is 26.3 Å². The Kier molecular flexibility index (Phi) is 5.14. The van der Waals surface area contributed by atoms with Gasteiger partial charge in [0, 0.05) is 17.7 Å². The van der Waals surface area contributed by atoms with Crippen molar-refractivity contribution in [2.75, 3.05) is 13.7 Å². The smallest absolute Gasteiger partial charge is 0.251 e. The monoisotopic (exact) mass is 298 g/mol. The average molecular weight is 298 g/mol. The molecule has 2 rings (SSSR count). The highest BCUT2D eigenvalue weighted by molar-refractivity contribution is 5.99. The first kappa shape index (κ1) is 15.6. The van der Waals surface area contributed by atoms with Crippen LogP contribution >= 0.6 is 0 Å². The topological polar surface area (TPSA) is 81.4 Å². The number of amides is 2. The number of ether oxygens (including phenoxy) is 1. The second-order valence-corrected chi connectivity index (χ2v) is 4.80. The number of carbonyl (C=O) groups is 2. The number of hydrogen-bond acceptors (Lipinski definition) is 3. The molecule has 2 amide bonds. The van der Waals surface area contributed by atoms with E-state index in [0.29, 0.717) is 24.1 Å². The van der Waals surface area contributed by atoms with Crippen LogP contribution in [-0.2, 0) is 6.42 Å². The molecule has 2 aromatic carbocycles. The second kappa shape index (κ2) is 7.26.